The maximum Gasteiger partial charge on any atom is 0.421 e. The van der Waals surface area contributed by atoms with Gasteiger partial charge in [0.25, 0.3) is 0 Å². The van der Waals surface area contributed by atoms with Crippen molar-refractivity contribution < 1.29 is 26.4 Å². The average Bonchev–Trinajstić information content (AvgIpc) is 3.10. The van der Waals surface area contributed by atoms with Crippen LogP contribution in [0.3, 0.4) is 0 Å². The van der Waals surface area contributed by atoms with Crippen molar-refractivity contribution in [1.29, 1.82) is 0 Å². The summed E-state index contributed by atoms with van der Waals surface area (Å²) in [6.45, 7) is -0.0733. The van der Waals surface area contributed by atoms with Crippen LogP contribution in [0.4, 0.5) is 36.3 Å². The van der Waals surface area contributed by atoms with Gasteiger partial charge in [0.05, 0.1) is 12.2 Å². The van der Waals surface area contributed by atoms with E-state index in [0.717, 1.165) is 11.8 Å². The Labute approximate surface area is 193 Å². The molecule has 1 amide bonds. The number of alkyl halides is 3. The molecule has 8 nitrogen and oxygen atoms in total. The molecule has 1 aliphatic heterocycles. The first-order chi connectivity index (χ1) is 16.0. The first-order valence-electron chi connectivity index (χ1n) is 10.1. The van der Waals surface area contributed by atoms with Gasteiger partial charge in [-0.25, -0.2) is 13.4 Å². The van der Waals surface area contributed by atoms with Crippen LogP contribution in [-0.4, -0.2) is 30.5 Å². The van der Waals surface area contributed by atoms with Crippen molar-refractivity contribution in [3.63, 3.8) is 0 Å². The van der Waals surface area contributed by atoms with Gasteiger partial charge in [-0.2, -0.15) is 18.2 Å². The number of halogens is 3. The molecule has 3 N–H and O–H groups in total. The van der Waals surface area contributed by atoms with Crippen LogP contribution < -0.4 is 16.0 Å². The Morgan fingerprint density at radius 3 is 2.56 bits per heavy atom. The van der Waals surface area contributed by atoms with Crippen LogP contribution in [0.25, 0.3) is 0 Å². The summed E-state index contributed by atoms with van der Waals surface area (Å²) >= 11 is 0. The number of aromatic nitrogens is 2. The topological polar surface area (TPSA) is 113 Å². The summed E-state index contributed by atoms with van der Waals surface area (Å²) in [4.78, 5) is 19.3. The number of nitrogens with zero attached hydrogens (tertiary/aromatic N) is 2. The molecule has 2 heterocycles. The minimum atomic E-state index is -4.70. The number of benzene rings is 2. The van der Waals surface area contributed by atoms with Gasteiger partial charge in [0.15, 0.2) is 9.84 Å². The van der Waals surface area contributed by atoms with Gasteiger partial charge in [-0.1, -0.05) is 30.3 Å². The van der Waals surface area contributed by atoms with Crippen molar-refractivity contribution in [2.45, 2.75) is 24.9 Å². The molecule has 1 aliphatic rings. The SMILES string of the molecule is CS(=O)(=O)Cc1ccccc1CNc1nc(Nc2ccc3c(c2)NC(=O)C3)ncc1C(F)(F)F. The van der Waals surface area contributed by atoms with Crippen LogP contribution >= 0.6 is 0 Å². The molecule has 0 saturated carbocycles. The van der Waals surface area contributed by atoms with E-state index in [1.807, 2.05) is 0 Å². The molecule has 0 atom stereocenters. The summed E-state index contributed by atoms with van der Waals surface area (Å²) in [6, 6.07) is 11.6. The first-order valence-corrected chi connectivity index (χ1v) is 12.2. The van der Waals surface area contributed by atoms with E-state index in [1.165, 1.54) is 0 Å². The molecule has 178 valence electrons. The van der Waals surface area contributed by atoms with Gasteiger partial charge in [-0.3, -0.25) is 4.79 Å². The third kappa shape index (κ3) is 5.63. The van der Waals surface area contributed by atoms with Gasteiger partial charge in [0.1, 0.15) is 11.4 Å². The summed E-state index contributed by atoms with van der Waals surface area (Å²) in [5.74, 6) is -0.902. The molecule has 0 fully saturated rings. The number of carbonyl (C=O) groups excluding carboxylic acids is 1. The van der Waals surface area contributed by atoms with Crippen LogP contribution in [0.2, 0.25) is 0 Å². The Kier molecular flexibility index (Phi) is 6.17. The molecular formula is C22H20F3N5O3S. The standard InChI is InChI=1S/C22H20F3N5O3S/c1-34(32,33)12-15-5-3-2-4-14(15)10-26-20-17(22(23,24)25)11-27-21(30-20)28-16-7-6-13-8-19(31)29-18(13)9-16/h2-7,9,11H,8,10,12H2,1H3,(H,29,31)(H2,26,27,28,30). The van der Waals surface area contributed by atoms with Crippen molar-refractivity contribution in [2.24, 2.45) is 0 Å². The van der Waals surface area contributed by atoms with Crippen LogP contribution in [0.15, 0.2) is 48.7 Å². The van der Waals surface area contributed by atoms with E-state index in [1.54, 1.807) is 42.5 Å². The van der Waals surface area contributed by atoms with Crippen molar-refractivity contribution in [3.8, 4) is 0 Å². The van der Waals surface area contributed by atoms with E-state index < -0.39 is 27.4 Å². The molecule has 0 spiro atoms. The average molecular weight is 491 g/mol. The quantitative estimate of drug-likeness (QED) is 0.460. The molecular weight excluding hydrogens is 471 g/mol. The van der Waals surface area contributed by atoms with E-state index in [2.05, 4.69) is 25.9 Å². The maximum atomic E-state index is 13.6. The Morgan fingerprint density at radius 1 is 1.12 bits per heavy atom. The number of nitrogens with one attached hydrogen (secondary N) is 3. The van der Waals surface area contributed by atoms with Crippen LogP contribution in [0, 0.1) is 0 Å². The van der Waals surface area contributed by atoms with E-state index in [4.69, 9.17) is 0 Å². The van der Waals surface area contributed by atoms with Crippen molar-refractivity contribution in [2.75, 3.05) is 22.2 Å². The highest BCUT2D eigenvalue weighted by Crippen LogP contribution is 2.35. The van der Waals surface area contributed by atoms with E-state index in [9.17, 15) is 26.4 Å². The molecule has 3 aromatic rings. The Hall–Kier alpha value is -3.67. The number of sulfone groups is 1. The molecule has 34 heavy (non-hydrogen) atoms. The molecule has 0 unspecified atom stereocenters. The Morgan fingerprint density at radius 2 is 1.85 bits per heavy atom. The van der Waals surface area contributed by atoms with Crippen molar-refractivity contribution in [1.82, 2.24) is 9.97 Å². The highest BCUT2D eigenvalue weighted by molar-refractivity contribution is 7.89. The fourth-order valence-electron chi connectivity index (χ4n) is 3.54. The second kappa shape index (κ2) is 8.93. The summed E-state index contributed by atoms with van der Waals surface area (Å²) in [5, 5.41) is 8.22. The molecule has 0 aliphatic carbocycles. The zero-order valence-corrected chi connectivity index (χ0v) is 18.7. The normalized spacial score (nSPS) is 13.4. The zero-order valence-electron chi connectivity index (χ0n) is 17.9. The van der Waals surface area contributed by atoms with Gasteiger partial charge < -0.3 is 16.0 Å². The third-order valence-electron chi connectivity index (χ3n) is 5.07. The second-order valence-electron chi connectivity index (χ2n) is 7.87. The predicted molar refractivity (Wildman–Crippen MR) is 121 cm³/mol. The van der Waals surface area contributed by atoms with Gasteiger partial charge >= 0.3 is 6.18 Å². The fraction of sp³-hybridized carbons (Fsp3) is 0.227. The lowest BCUT2D eigenvalue weighted by Gasteiger charge is -2.16. The largest absolute Gasteiger partial charge is 0.421 e. The second-order valence-corrected chi connectivity index (χ2v) is 10.0. The van der Waals surface area contributed by atoms with Crippen molar-refractivity contribution in [3.05, 3.63) is 70.9 Å². The van der Waals surface area contributed by atoms with Crippen LogP contribution in [0.1, 0.15) is 22.3 Å². The molecule has 0 radical (unpaired) electrons. The number of carbonyl (C=O) groups is 1. The van der Waals surface area contributed by atoms with Gasteiger partial charge in [0.2, 0.25) is 11.9 Å². The predicted octanol–water partition coefficient (Wildman–Crippen LogP) is 3.89. The number of hydrogen-bond acceptors (Lipinski definition) is 7. The number of amides is 1. The smallest absolute Gasteiger partial charge is 0.365 e. The minimum Gasteiger partial charge on any atom is -0.365 e. The van der Waals surface area contributed by atoms with Crippen LogP contribution in [-0.2, 0) is 39.5 Å². The van der Waals surface area contributed by atoms with Gasteiger partial charge in [0, 0.05) is 30.4 Å². The molecule has 2 aromatic carbocycles. The van der Waals surface area contributed by atoms with Crippen molar-refractivity contribution >= 4 is 38.9 Å². The van der Waals surface area contributed by atoms with Crippen LogP contribution in [0.5, 0.6) is 0 Å². The summed E-state index contributed by atoms with van der Waals surface area (Å²) < 4.78 is 64.1. The molecule has 1 aromatic heterocycles. The highest BCUT2D eigenvalue weighted by Gasteiger charge is 2.35. The molecule has 0 bridgehead atoms. The minimum absolute atomic E-state index is 0.0733. The monoisotopic (exact) mass is 491 g/mol. The molecule has 0 saturated heterocycles. The maximum absolute atomic E-state index is 13.6. The Bertz CT molecular complexity index is 1360. The highest BCUT2D eigenvalue weighted by atomic mass is 32.2. The molecule has 4 rings (SSSR count). The fourth-order valence-corrected chi connectivity index (χ4v) is 4.38. The number of anilines is 4. The summed E-state index contributed by atoms with van der Waals surface area (Å²) in [6.07, 6.45) is -2.67. The zero-order chi connectivity index (χ0) is 24.5. The molecule has 12 heteroatoms. The lowest BCUT2D eigenvalue weighted by atomic mass is 10.1. The number of hydrogen-bond donors (Lipinski definition) is 3. The number of rotatable bonds is 7. The Balaban J connectivity index is 1.59. The van der Waals surface area contributed by atoms with E-state index in [0.29, 0.717) is 28.7 Å². The van der Waals surface area contributed by atoms with Gasteiger partial charge in [-0.05, 0) is 28.8 Å². The summed E-state index contributed by atoms with van der Waals surface area (Å²) in [5.41, 5.74) is 1.88. The van der Waals surface area contributed by atoms with E-state index in [-0.39, 0.29) is 30.6 Å². The third-order valence-corrected chi connectivity index (χ3v) is 5.90. The first kappa shape index (κ1) is 23.5. The lowest BCUT2D eigenvalue weighted by Crippen LogP contribution is -2.15. The lowest BCUT2D eigenvalue weighted by molar-refractivity contribution is -0.137. The van der Waals surface area contributed by atoms with Gasteiger partial charge in [-0.15, -0.1) is 0 Å². The number of fused-ring (bicyclic) bond motifs is 1. The summed E-state index contributed by atoms with van der Waals surface area (Å²) in [7, 11) is -3.33. The van der Waals surface area contributed by atoms with E-state index >= 15 is 0 Å².